The summed E-state index contributed by atoms with van der Waals surface area (Å²) in [5.74, 6) is -1.27. The SMILES string of the molecule is CC(=O)C1(C(=O)Nc2ccc(CC(=O)O)cc2)CC1. The molecule has 0 aromatic heterocycles. The van der Waals surface area contributed by atoms with E-state index in [0.29, 0.717) is 24.1 Å². The van der Waals surface area contributed by atoms with Crippen molar-refractivity contribution >= 4 is 23.3 Å². The zero-order valence-corrected chi connectivity index (χ0v) is 10.6. The van der Waals surface area contributed by atoms with E-state index in [1.54, 1.807) is 24.3 Å². The van der Waals surface area contributed by atoms with Crippen molar-refractivity contribution in [1.29, 1.82) is 0 Å². The van der Waals surface area contributed by atoms with Gasteiger partial charge in [-0.15, -0.1) is 0 Å². The number of nitrogens with one attached hydrogen (secondary N) is 1. The van der Waals surface area contributed by atoms with Crippen LogP contribution in [0.2, 0.25) is 0 Å². The molecular formula is C14H15NO4. The van der Waals surface area contributed by atoms with Gasteiger partial charge < -0.3 is 10.4 Å². The van der Waals surface area contributed by atoms with Crippen LogP contribution in [0.3, 0.4) is 0 Å². The molecule has 1 fully saturated rings. The van der Waals surface area contributed by atoms with E-state index in [1.807, 2.05) is 0 Å². The molecule has 1 aromatic carbocycles. The van der Waals surface area contributed by atoms with Gasteiger partial charge >= 0.3 is 5.97 Å². The van der Waals surface area contributed by atoms with Crippen LogP contribution in [-0.2, 0) is 20.8 Å². The average molecular weight is 261 g/mol. The zero-order chi connectivity index (χ0) is 14.0. The standard InChI is InChI=1S/C14H15NO4/c1-9(16)14(6-7-14)13(19)15-11-4-2-10(3-5-11)8-12(17)18/h2-5H,6-8H2,1H3,(H,15,19)(H,17,18). The van der Waals surface area contributed by atoms with Gasteiger partial charge in [-0.05, 0) is 37.5 Å². The normalized spacial score (nSPS) is 15.6. The number of hydrogen-bond donors (Lipinski definition) is 2. The number of carbonyl (C=O) groups excluding carboxylic acids is 2. The Morgan fingerprint density at radius 3 is 2.21 bits per heavy atom. The molecule has 19 heavy (non-hydrogen) atoms. The summed E-state index contributed by atoms with van der Waals surface area (Å²) in [7, 11) is 0. The number of carboxylic acids is 1. The molecule has 1 aromatic rings. The average Bonchev–Trinajstić information content (AvgIpc) is 3.12. The Kier molecular flexibility index (Phi) is 3.38. The molecule has 1 saturated carbocycles. The van der Waals surface area contributed by atoms with Crippen molar-refractivity contribution in [3.05, 3.63) is 29.8 Å². The van der Waals surface area contributed by atoms with Crippen molar-refractivity contribution in [3.63, 3.8) is 0 Å². The van der Waals surface area contributed by atoms with E-state index in [2.05, 4.69) is 5.32 Å². The lowest BCUT2D eigenvalue weighted by molar-refractivity contribution is -0.136. The van der Waals surface area contributed by atoms with E-state index in [4.69, 9.17) is 5.11 Å². The number of benzene rings is 1. The fourth-order valence-electron chi connectivity index (χ4n) is 2.00. The first-order chi connectivity index (χ1) is 8.94. The number of rotatable bonds is 5. The lowest BCUT2D eigenvalue weighted by atomic mass is 10.0. The fraction of sp³-hybridized carbons (Fsp3) is 0.357. The highest BCUT2D eigenvalue weighted by Crippen LogP contribution is 2.47. The Balaban J connectivity index is 2.02. The largest absolute Gasteiger partial charge is 0.481 e. The second-order valence-electron chi connectivity index (χ2n) is 4.86. The summed E-state index contributed by atoms with van der Waals surface area (Å²) in [5, 5.41) is 11.3. The van der Waals surface area contributed by atoms with Gasteiger partial charge in [0.25, 0.3) is 0 Å². The number of carboxylic acid groups (broad SMARTS) is 1. The van der Waals surface area contributed by atoms with Crippen LogP contribution >= 0.6 is 0 Å². The molecule has 0 aliphatic heterocycles. The minimum absolute atomic E-state index is 0.0500. The smallest absolute Gasteiger partial charge is 0.307 e. The molecule has 0 saturated heterocycles. The second-order valence-corrected chi connectivity index (χ2v) is 4.86. The van der Waals surface area contributed by atoms with Crippen LogP contribution in [0.25, 0.3) is 0 Å². The summed E-state index contributed by atoms with van der Waals surface area (Å²) in [6.45, 7) is 1.43. The van der Waals surface area contributed by atoms with Gasteiger partial charge in [-0.25, -0.2) is 0 Å². The number of Topliss-reactive ketones (excluding diaryl/α,β-unsaturated/α-hetero) is 1. The first-order valence-electron chi connectivity index (χ1n) is 6.07. The van der Waals surface area contributed by atoms with Crippen LogP contribution < -0.4 is 5.32 Å². The van der Waals surface area contributed by atoms with Crippen molar-refractivity contribution in [2.45, 2.75) is 26.2 Å². The number of carbonyl (C=O) groups is 3. The van der Waals surface area contributed by atoms with Gasteiger partial charge in [0.05, 0.1) is 6.42 Å². The Bertz CT molecular complexity index is 529. The molecule has 2 rings (SSSR count). The molecular weight excluding hydrogens is 246 g/mol. The lowest BCUT2D eigenvalue weighted by Gasteiger charge is -2.12. The van der Waals surface area contributed by atoms with Crippen molar-refractivity contribution < 1.29 is 19.5 Å². The lowest BCUT2D eigenvalue weighted by Crippen LogP contribution is -2.29. The number of hydrogen-bond acceptors (Lipinski definition) is 3. The maximum absolute atomic E-state index is 12.0. The van der Waals surface area contributed by atoms with E-state index < -0.39 is 11.4 Å². The maximum Gasteiger partial charge on any atom is 0.307 e. The number of ketones is 1. The van der Waals surface area contributed by atoms with Crippen LogP contribution in [0.1, 0.15) is 25.3 Å². The van der Waals surface area contributed by atoms with Gasteiger partial charge in [0.1, 0.15) is 11.2 Å². The van der Waals surface area contributed by atoms with Crippen molar-refractivity contribution in [3.8, 4) is 0 Å². The molecule has 0 heterocycles. The van der Waals surface area contributed by atoms with E-state index >= 15 is 0 Å². The van der Waals surface area contributed by atoms with Crippen LogP contribution in [0.15, 0.2) is 24.3 Å². The molecule has 0 atom stereocenters. The van der Waals surface area contributed by atoms with Crippen molar-refractivity contribution in [2.75, 3.05) is 5.32 Å². The second kappa shape index (κ2) is 4.84. The van der Waals surface area contributed by atoms with Crippen LogP contribution in [-0.4, -0.2) is 22.8 Å². The predicted octanol–water partition coefficient (Wildman–Crippen LogP) is 1.62. The third kappa shape index (κ3) is 2.81. The molecule has 5 heteroatoms. The molecule has 1 aliphatic rings. The van der Waals surface area contributed by atoms with Crippen molar-refractivity contribution in [2.24, 2.45) is 5.41 Å². The molecule has 2 N–H and O–H groups in total. The van der Waals surface area contributed by atoms with E-state index in [0.717, 1.165) is 0 Å². The van der Waals surface area contributed by atoms with Crippen LogP contribution in [0, 0.1) is 5.41 Å². The van der Waals surface area contributed by atoms with Gasteiger partial charge in [-0.2, -0.15) is 0 Å². The number of anilines is 1. The summed E-state index contributed by atoms with van der Waals surface area (Å²) in [6, 6.07) is 6.59. The van der Waals surface area contributed by atoms with Crippen molar-refractivity contribution in [1.82, 2.24) is 0 Å². The summed E-state index contributed by atoms with van der Waals surface area (Å²) in [4.78, 5) is 33.9. The van der Waals surface area contributed by atoms with E-state index in [-0.39, 0.29) is 18.1 Å². The highest BCUT2D eigenvalue weighted by atomic mass is 16.4. The summed E-state index contributed by atoms with van der Waals surface area (Å²) >= 11 is 0. The summed E-state index contributed by atoms with van der Waals surface area (Å²) in [5.41, 5.74) is 0.407. The van der Waals surface area contributed by atoms with Gasteiger partial charge in [0, 0.05) is 5.69 Å². The topological polar surface area (TPSA) is 83.5 Å². The van der Waals surface area contributed by atoms with Gasteiger partial charge in [0.15, 0.2) is 0 Å². The van der Waals surface area contributed by atoms with E-state index in [9.17, 15) is 14.4 Å². The molecule has 0 unspecified atom stereocenters. The molecule has 1 aliphatic carbocycles. The minimum Gasteiger partial charge on any atom is -0.481 e. The maximum atomic E-state index is 12.0. The Hall–Kier alpha value is -2.17. The van der Waals surface area contributed by atoms with Crippen LogP contribution in [0.4, 0.5) is 5.69 Å². The zero-order valence-electron chi connectivity index (χ0n) is 10.6. The Morgan fingerprint density at radius 2 is 1.79 bits per heavy atom. The molecule has 0 bridgehead atoms. The van der Waals surface area contributed by atoms with E-state index in [1.165, 1.54) is 6.92 Å². The highest BCUT2D eigenvalue weighted by Gasteiger charge is 2.54. The first-order valence-corrected chi connectivity index (χ1v) is 6.07. The monoisotopic (exact) mass is 261 g/mol. The summed E-state index contributed by atoms with van der Waals surface area (Å²) < 4.78 is 0. The third-order valence-electron chi connectivity index (χ3n) is 3.43. The van der Waals surface area contributed by atoms with Crippen LogP contribution in [0.5, 0.6) is 0 Å². The molecule has 100 valence electrons. The predicted molar refractivity (Wildman–Crippen MR) is 68.8 cm³/mol. The molecule has 0 radical (unpaired) electrons. The number of aliphatic carboxylic acids is 1. The minimum atomic E-state index is -0.898. The highest BCUT2D eigenvalue weighted by molar-refractivity contribution is 6.13. The molecule has 5 nitrogen and oxygen atoms in total. The first kappa shape index (κ1) is 13.3. The molecule has 0 spiro atoms. The third-order valence-corrected chi connectivity index (χ3v) is 3.43. The molecule has 1 amide bonds. The Morgan fingerprint density at radius 1 is 1.21 bits per heavy atom. The fourth-order valence-corrected chi connectivity index (χ4v) is 2.00. The quantitative estimate of drug-likeness (QED) is 0.789. The van der Waals surface area contributed by atoms with Gasteiger partial charge in [0.2, 0.25) is 5.91 Å². The van der Waals surface area contributed by atoms with Gasteiger partial charge in [-0.1, -0.05) is 12.1 Å². The number of amides is 1. The summed E-state index contributed by atoms with van der Waals surface area (Å²) in [6.07, 6.45) is 1.15. The Labute approximate surface area is 110 Å². The van der Waals surface area contributed by atoms with Gasteiger partial charge in [-0.3, -0.25) is 14.4 Å².